The van der Waals surface area contributed by atoms with Gasteiger partial charge in [0.05, 0.1) is 10.6 Å². The van der Waals surface area contributed by atoms with Crippen molar-refractivity contribution in [3.05, 3.63) is 75.6 Å². The first kappa shape index (κ1) is 20.3. The Balaban J connectivity index is 1.86. The van der Waals surface area contributed by atoms with Crippen LogP contribution in [0.3, 0.4) is 0 Å². The molecular weight excluding hydrogens is 390 g/mol. The number of Topliss-reactive ketones (excluding diaryl/α,β-unsaturated/α-hetero) is 1. The Bertz CT molecular complexity index is 988. The van der Waals surface area contributed by atoms with Crippen LogP contribution in [0.4, 0.5) is 5.69 Å². The van der Waals surface area contributed by atoms with E-state index in [1.165, 1.54) is 23.8 Å². The third-order valence-electron chi connectivity index (χ3n) is 4.29. The van der Waals surface area contributed by atoms with Gasteiger partial charge in [-0.25, -0.2) is 0 Å². The monoisotopic (exact) mass is 411 g/mol. The van der Waals surface area contributed by atoms with Crippen molar-refractivity contribution in [2.45, 2.75) is 27.2 Å². The number of benzene rings is 2. The smallest absolute Gasteiger partial charge is 0.255 e. The second kappa shape index (κ2) is 8.72. The largest absolute Gasteiger partial charge is 0.321 e. The van der Waals surface area contributed by atoms with Gasteiger partial charge in [-0.3, -0.25) is 9.59 Å². The van der Waals surface area contributed by atoms with Gasteiger partial charge in [0.1, 0.15) is 0 Å². The second-order valence-electron chi connectivity index (χ2n) is 7.17. The van der Waals surface area contributed by atoms with Crippen molar-refractivity contribution in [3.8, 4) is 10.4 Å². The number of hydrogen-bond donors (Lipinski definition) is 1. The van der Waals surface area contributed by atoms with Crippen LogP contribution in [0.25, 0.3) is 10.4 Å². The molecule has 5 heteroatoms. The average molecular weight is 412 g/mol. The molecule has 0 fully saturated rings. The number of carbonyl (C=O) groups is 2. The molecule has 0 bridgehead atoms. The van der Waals surface area contributed by atoms with Gasteiger partial charge in [0.15, 0.2) is 5.78 Å². The van der Waals surface area contributed by atoms with E-state index < -0.39 is 0 Å². The third kappa shape index (κ3) is 4.89. The van der Waals surface area contributed by atoms with E-state index in [1.807, 2.05) is 6.07 Å². The summed E-state index contributed by atoms with van der Waals surface area (Å²) < 4.78 is 0. The van der Waals surface area contributed by atoms with Gasteiger partial charge in [-0.15, -0.1) is 11.3 Å². The second-order valence-corrected chi connectivity index (χ2v) is 8.65. The van der Waals surface area contributed by atoms with Crippen LogP contribution in [-0.2, 0) is 6.42 Å². The first-order valence-corrected chi connectivity index (χ1v) is 10.3. The van der Waals surface area contributed by atoms with Crippen molar-refractivity contribution in [2.24, 2.45) is 5.92 Å². The average Bonchev–Trinajstić information content (AvgIpc) is 3.06. The minimum absolute atomic E-state index is 0.0703. The molecule has 0 saturated carbocycles. The summed E-state index contributed by atoms with van der Waals surface area (Å²) in [6.45, 7) is 5.91. The molecule has 0 aliphatic heterocycles. The van der Waals surface area contributed by atoms with Gasteiger partial charge in [0.25, 0.3) is 5.91 Å². The number of thiophene rings is 1. The topological polar surface area (TPSA) is 46.2 Å². The van der Waals surface area contributed by atoms with E-state index in [0.717, 1.165) is 16.9 Å². The number of anilines is 1. The molecule has 3 aromatic rings. The highest BCUT2D eigenvalue weighted by Gasteiger charge is 2.17. The molecule has 3 rings (SSSR count). The van der Waals surface area contributed by atoms with Crippen LogP contribution in [0.5, 0.6) is 0 Å². The molecule has 28 heavy (non-hydrogen) atoms. The summed E-state index contributed by atoms with van der Waals surface area (Å²) in [5.41, 5.74) is 3.36. The molecule has 0 aliphatic carbocycles. The molecule has 0 spiro atoms. The van der Waals surface area contributed by atoms with E-state index in [0.29, 0.717) is 27.1 Å². The molecule has 2 aromatic carbocycles. The molecule has 0 aliphatic rings. The van der Waals surface area contributed by atoms with Gasteiger partial charge >= 0.3 is 0 Å². The van der Waals surface area contributed by atoms with Crippen LogP contribution < -0.4 is 5.32 Å². The van der Waals surface area contributed by atoms with Gasteiger partial charge in [-0.05, 0) is 53.8 Å². The fourth-order valence-corrected chi connectivity index (χ4v) is 4.10. The summed E-state index contributed by atoms with van der Waals surface area (Å²) in [4.78, 5) is 26.1. The SMILES string of the molecule is CC(=O)c1sc(-c2ccc(CC(C)C)cc2)cc1NC(=O)c1ccc(Cl)cc1. The Morgan fingerprint density at radius 1 is 1.04 bits per heavy atom. The van der Waals surface area contributed by atoms with Crippen LogP contribution in [-0.4, -0.2) is 11.7 Å². The maximum Gasteiger partial charge on any atom is 0.255 e. The standard InChI is InChI=1S/C23H22ClNO2S/c1-14(2)12-16-4-6-17(7-5-16)21-13-20(22(28-21)15(3)26)25-23(27)18-8-10-19(24)11-9-18/h4-11,13-14H,12H2,1-3H3,(H,25,27). The van der Waals surface area contributed by atoms with Crippen molar-refractivity contribution in [2.75, 3.05) is 5.32 Å². The lowest BCUT2D eigenvalue weighted by atomic mass is 10.0. The molecule has 0 atom stereocenters. The fourth-order valence-electron chi connectivity index (χ4n) is 2.96. The molecule has 0 radical (unpaired) electrons. The quantitative estimate of drug-likeness (QED) is 0.457. The number of amides is 1. The fraction of sp³-hybridized carbons (Fsp3) is 0.217. The predicted octanol–water partition coefficient (Wildman–Crippen LogP) is 6.72. The first-order valence-electron chi connectivity index (χ1n) is 9.14. The van der Waals surface area contributed by atoms with E-state index in [1.54, 1.807) is 24.3 Å². The maximum atomic E-state index is 12.5. The van der Waals surface area contributed by atoms with E-state index in [9.17, 15) is 9.59 Å². The minimum atomic E-state index is -0.268. The number of halogens is 1. The molecule has 144 valence electrons. The normalized spacial score (nSPS) is 10.9. The van der Waals surface area contributed by atoms with Crippen LogP contribution in [0.2, 0.25) is 5.02 Å². The molecule has 1 heterocycles. The van der Waals surface area contributed by atoms with E-state index in [-0.39, 0.29) is 11.7 Å². The molecule has 0 saturated heterocycles. The highest BCUT2D eigenvalue weighted by molar-refractivity contribution is 7.18. The Hall–Kier alpha value is -2.43. The maximum absolute atomic E-state index is 12.5. The molecule has 0 unspecified atom stereocenters. The highest BCUT2D eigenvalue weighted by atomic mass is 35.5. The summed E-state index contributed by atoms with van der Waals surface area (Å²) in [6.07, 6.45) is 1.03. The number of ketones is 1. The number of carbonyl (C=O) groups excluding carboxylic acids is 2. The first-order chi connectivity index (χ1) is 13.3. The van der Waals surface area contributed by atoms with E-state index in [2.05, 4.69) is 43.4 Å². The van der Waals surface area contributed by atoms with E-state index >= 15 is 0 Å². The lowest BCUT2D eigenvalue weighted by Crippen LogP contribution is -2.12. The van der Waals surface area contributed by atoms with Gasteiger partial charge in [-0.1, -0.05) is 49.7 Å². The zero-order valence-corrected chi connectivity index (χ0v) is 17.7. The van der Waals surface area contributed by atoms with Crippen LogP contribution >= 0.6 is 22.9 Å². The zero-order valence-electron chi connectivity index (χ0n) is 16.1. The summed E-state index contributed by atoms with van der Waals surface area (Å²) in [5, 5.41) is 3.43. The molecule has 1 aromatic heterocycles. The van der Waals surface area contributed by atoms with Crippen LogP contribution in [0.15, 0.2) is 54.6 Å². The summed E-state index contributed by atoms with van der Waals surface area (Å²) in [7, 11) is 0. The van der Waals surface area contributed by atoms with Gasteiger partial charge in [-0.2, -0.15) is 0 Å². The minimum Gasteiger partial charge on any atom is -0.321 e. The summed E-state index contributed by atoms with van der Waals surface area (Å²) in [6, 6.07) is 16.9. The highest BCUT2D eigenvalue weighted by Crippen LogP contribution is 2.35. The summed E-state index contributed by atoms with van der Waals surface area (Å²) in [5.74, 6) is 0.265. The predicted molar refractivity (Wildman–Crippen MR) is 118 cm³/mol. The van der Waals surface area contributed by atoms with E-state index in [4.69, 9.17) is 11.6 Å². The van der Waals surface area contributed by atoms with Crippen molar-refractivity contribution in [1.82, 2.24) is 0 Å². The Morgan fingerprint density at radius 3 is 2.25 bits per heavy atom. The Labute approximate surface area is 174 Å². The Kier molecular flexibility index (Phi) is 6.32. The molecule has 1 amide bonds. The zero-order chi connectivity index (χ0) is 20.3. The number of hydrogen-bond acceptors (Lipinski definition) is 3. The lowest BCUT2D eigenvalue weighted by Gasteiger charge is -2.05. The molecular formula is C23H22ClNO2S. The Morgan fingerprint density at radius 2 is 1.68 bits per heavy atom. The lowest BCUT2D eigenvalue weighted by molar-refractivity contribution is 0.102. The van der Waals surface area contributed by atoms with Crippen molar-refractivity contribution in [1.29, 1.82) is 0 Å². The van der Waals surface area contributed by atoms with Crippen LogP contribution in [0.1, 0.15) is 46.4 Å². The number of nitrogens with one attached hydrogen (secondary N) is 1. The van der Waals surface area contributed by atoms with Gasteiger partial charge in [0.2, 0.25) is 0 Å². The molecule has 3 nitrogen and oxygen atoms in total. The van der Waals surface area contributed by atoms with Crippen molar-refractivity contribution < 1.29 is 9.59 Å². The molecule has 1 N–H and O–H groups in total. The number of rotatable bonds is 6. The van der Waals surface area contributed by atoms with Crippen molar-refractivity contribution >= 4 is 40.3 Å². The van der Waals surface area contributed by atoms with Crippen LogP contribution in [0, 0.1) is 5.92 Å². The van der Waals surface area contributed by atoms with Crippen molar-refractivity contribution in [3.63, 3.8) is 0 Å². The van der Waals surface area contributed by atoms with Gasteiger partial charge < -0.3 is 5.32 Å². The summed E-state index contributed by atoms with van der Waals surface area (Å²) >= 11 is 7.27. The third-order valence-corrected chi connectivity index (χ3v) is 5.83. The van der Waals surface area contributed by atoms with Gasteiger partial charge in [0, 0.05) is 22.4 Å².